The fourth-order valence-corrected chi connectivity index (χ4v) is 1.40. The van der Waals surface area contributed by atoms with Gasteiger partial charge in [-0.2, -0.15) is 0 Å². The number of ether oxygens (including phenoxy) is 2. The molecular weight excluding hydrogens is 116 g/mol. The highest BCUT2D eigenvalue weighted by Crippen LogP contribution is 2.29. The molecule has 0 radical (unpaired) electrons. The summed E-state index contributed by atoms with van der Waals surface area (Å²) in [4.78, 5) is 0. The summed E-state index contributed by atoms with van der Waals surface area (Å²) in [7, 11) is 0. The number of fused-ring (bicyclic) bond motifs is 1. The van der Waals surface area contributed by atoms with Gasteiger partial charge in [-0.15, -0.1) is 0 Å². The predicted octanol–water partition coefficient (Wildman–Crippen LogP) is 0.588. The van der Waals surface area contributed by atoms with Crippen molar-refractivity contribution in [3.63, 3.8) is 0 Å². The van der Waals surface area contributed by atoms with Crippen LogP contribution in [0.1, 0.15) is 0 Å². The maximum atomic E-state index is 5.36. The highest BCUT2D eigenvalue weighted by Gasteiger charge is 2.36. The molecule has 2 heterocycles. The van der Waals surface area contributed by atoms with E-state index in [1.54, 1.807) is 0 Å². The Balaban J connectivity index is 2.15. The summed E-state index contributed by atoms with van der Waals surface area (Å²) >= 11 is 0. The molecule has 2 heteroatoms. The zero-order chi connectivity index (χ0) is 6.27. The summed E-state index contributed by atoms with van der Waals surface area (Å²) in [5, 5.41) is 0. The van der Waals surface area contributed by atoms with E-state index in [9.17, 15) is 0 Å². The van der Waals surface area contributed by atoms with Gasteiger partial charge in [0.2, 0.25) is 0 Å². The molecule has 2 unspecified atom stereocenters. The van der Waals surface area contributed by atoms with Crippen LogP contribution in [0, 0.1) is 5.92 Å². The summed E-state index contributed by atoms with van der Waals surface area (Å²) in [6, 6.07) is 0. The standard InChI is InChI=1S/C7H10O2/c1-5-2-9-7-4-8-3-6(5)7/h6-7H,1-4H2. The van der Waals surface area contributed by atoms with E-state index in [0.717, 1.165) is 19.8 Å². The van der Waals surface area contributed by atoms with Crippen molar-refractivity contribution in [2.45, 2.75) is 6.10 Å². The maximum Gasteiger partial charge on any atom is 0.0900 e. The van der Waals surface area contributed by atoms with E-state index in [4.69, 9.17) is 9.47 Å². The van der Waals surface area contributed by atoms with E-state index in [0.29, 0.717) is 12.0 Å². The lowest BCUT2D eigenvalue weighted by Gasteiger charge is -2.01. The molecule has 2 rings (SSSR count). The average molecular weight is 126 g/mol. The molecule has 9 heavy (non-hydrogen) atoms. The molecule has 0 aliphatic carbocycles. The van der Waals surface area contributed by atoms with Crippen LogP contribution in [0.2, 0.25) is 0 Å². The van der Waals surface area contributed by atoms with E-state index in [1.807, 2.05) is 0 Å². The van der Waals surface area contributed by atoms with Crippen LogP contribution >= 0.6 is 0 Å². The molecule has 2 saturated heterocycles. The second-order valence-electron chi connectivity index (χ2n) is 2.65. The predicted molar refractivity (Wildman–Crippen MR) is 33.2 cm³/mol. The van der Waals surface area contributed by atoms with Gasteiger partial charge in [-0.3, -0.25) is 0 Å². The molecule has 2 fully saturated rings. The average Bonchev–Trinajstić information content (AvgIpc) is 2.35. The van der Waals surface area contributed by atoms with Crippen molar-refractivity contribution in [1.82, 2.24) is 0 Å². The lowest BCUT2D eigenvalue weighted by atomic mass is 10.0. The van der Waals surface area contributed by atoms with E-state index in [-0.39, 0.29) is 0 Å². The van der Waals surface area contributed by atoms with Crippen LogP contribution in [-0.4, -0.2) is 25.9 Å². The maximum absolute atomic E-state index is 5.36. The van der Waals surface area contributed by atoms with Crippen LogP contribution in [-0.2, 0) is 9.47 Å². The van der Waals surface area contributed by atoms with Crippen LogP contribution in [0.25, 0.3) is 0 Å². The minimum absolute atomic E-state index is 0.331. The first kappa shape index (κ1) is 5.45. The van der Waals surface area contributed by atoms with Crippen molar-refractivity contribution in [3.8, 4) is 0 Å². The highest BCUT2D eigenvalue weighted by molar-refractivity contribution is 5.10. The Bertz CT molecular complexity index is 142. The van der Waals surface area contributed by atoms with Crippen LogP contribution in [0.4, 0.5) is 0 Å². The molecule has 0 aromatic carbocycles. The van der Waals surface area contributed by atoms with Gasteiger partial charge < -0.3 is 9.47 Å². The normalized spacial score (nSPS) is 41.6. The zero-order valence-corrected chi connectivity index (χ0v) is 5.30. The second-order valence-corrected chi connectivity index (χ2v) is 2.65. The summed E-state index contributed by atoms with van der Waals surface area (Å²) in [5.41, 5.74) is 1.21. The lowest BCUT2D eigenvalue weighted by Crippen LogP contribution is -2.12. The van der Waals surface area contributed by atoms with Gasteiger partial charge in [0.15, 0.2) is 0 Å². The van der Waals surface area contributed by atoms with E-state index >= 15 is 0 Å². The number of hydrogen-bond acceptors (Lipinski definition) is 2. The van der Waals surface area contributed by atoms with Crippen molar-refractivity contribution < 1.29 is 9.47 Å². The molecule has 0 spiro atoms. The van der Waals surface area contributed by atoms with E-state index < -0.39 is 0 Å². The molecule has 0 N–H and O–H groups in total. The number of hydrogen-bond donors (Lipinski definition) is 0. The van der Waals surface area contributed by atoms with Crippen LogP contribution < -0.4 is 0 Å². The lowest BCUT2D eigenvalue weighted by molar-refractivity contribution is 0.0749. The van der Waals surface area contributed by atoms with Gasteiger partial charge in [0.25, 0.3) is 0 Å². The Morgan fingerprint density at radius 2 is 2.33 bits per heavy atom. The van der Waals surface area contributed by atoms with Crippen molar-refractivity contribution in [3.05, 3.63) is 12.2 Å². The van der Waals surface area contributed by atoms with Crippen LogP contribution in [0.15, 0.2) is 12.2 Å². The van der Waals surface area contributed by atoms with E-state index in [2.05, 4.69) is 6.58 Å². The van der Waals surface area contributed by atoms with Crippen LogP contribution in [0.5, 0.6) is 0 Å². The molecule has 0 aromatic rings. The fraction of sp³-hybridized carbons (Fsp3) is 0.714. The Hall–Kier alpha value is -0.340. The summed E-state index contributed by atoms with van der Waals surface area (Å²) in [6.07, 6.45) is 0.331. The number of rotatable bonds is 0. The van der Waals surface area contributed by atoms with Gasteiger partial charge in [-0.25, -0.2) is 0 Å². The first-order chi connectivity index (χ1) is 4.38. The minimum atomic E-state index is 0.331. The molecule has 0 aromatic heterocycles. The molecule has 0 bridgehead atoms. The van der Waals surface area contributed by atoms with Crippen molar-refractivity contribution in [2.24, 2.45) is 5.92 Å². The molecule has 2 aliphatic rings. The van der Waals surface area contributed by atoms with Gasteiger partial charge >= 0.3 is 0 Å². The van der Waals surface area contributed by atoms with Crippen molar-refractivity contribution in [2.75, 3.05) is 19.8 Å². The topological polar surface area (TPSA) is 18.5 Å². The first-order valence-corrected chi connectivity index (χ1v) is 3.25. The monoisotopic (exact) mass is 126 g/mol. The smallest absolute Gasteiger partial charge is 0.0900 e. The SMILES string of the molecule is C=C1COC2COCC12. The molecule has 2 nitrogen and oxygen atoms in total. The van der Waals surface area contributed by atoms with E-state index in [1.165, 1.54) is 5.57 Å². The van der Waals surface area contributed by atoms with Gasteiger partial charge in [0, 0.05) is 5.92 Å². The highest BCUT2D eigenvalue weighted by atomic mass is 16.6. The Morgan fingerprint density at radius 3 is 3.11 bits per heavy atom. The Kier molecular flexibility index (Phi) is 1.10. The fourth-order valence-electron chi connectivity index (χ4n) is 1.40. The van der Waals surface area contributed by atoms with Gasteiger partial charge in [-0.05, 0) is 5.57 Å². The second kappa shape index (κ2) is 1.82. The summed E-state index contributed by atoms with van der Waals surface area (Å²) in [6.45, 7) is 6.23. The zero-order valence-electron chi connectivity index (χ0n) is 5.30. The van der Waals surface area contributed by atoms with Crippen molar-refractivity contribution >= 4 is 0 Å². The Morgan fingerprint density at radius 1 is 1.44 bits per heavy atom. The molecular formula is C7H10O2. The summed E-state index contributed by atoms with van der Waals surface area (Å²) < 4.78 is 10.6. The van der Waals surface area contributed by atoms with Gasteiger partial charge in [0.1, 0.15) is 0 Å². The first-order valence-electron chi connectivity index (χ1n) is 3.25. The third-order valence-corrected chi connectivity index (χ3v) is 2.04. The largest absolute Gasteiger partial charge is 0.378 e. The van der Waals surface area contributed by atoms with Gasteiger partial charge in [-0.1, -0.05) is 6.58 Å². The summed E-state index contributed by atoms with van der Waals surface area (Å²) in [5.74, 6) is 0.505. The third kappa shape index (κ3) is 0.705. The quantitative estimate of drug-likeness (QED) is 0.442. The molecule has 50 valence electrons. The molecule has 2 atom stereocenters. The molecule has 0 amide bonds. The minimum Gasteiger partial charge on any atom is -0.378 e. The Labute approximate surface area is 54.5 Å². The third-order valence-electron chi connectivity index (χ3n) is 2.04. The van der Waals surface area contributed by atoms with Crippen LogP contribution in [0.3, 0.4) is 0 Å². The van der Waals surface area contributed by atoms with Crippen molar-refractivity contribution in [1.29, 1.82) is 0 Å². The molecule has 2 aliphatic heterocycles. The molecule has 0 saturated carbocycles. The van der Waals surface area contributed by atoms with Gasteiger partial charge in [0.05, 0.1) is 25.9 Å².